The van der Waals surface area contributed by atoms with E-state index in [1.165, 1.54) is 12.1 Å². The van der Waals surface area contributed by atoms with Crippen LogP contribution in [0.4, 0.5) is 5.69 Å². The smallest absolute Gasteiger partial charge is 0.283 e. The molecule has 0 aliphatic heterocycles. The molecule has 0 fully saturated rings. The molecule has 1 rings (SSSR count). The van der Waals surface area contributed by atoms with Gasteiger partial charge in [0.15, 0.2) is 0 Å². The fourth-order valence-electron chi connectivity index (χ4n) is 0.998. The molecule has 0 aliphatic rings. The van der Waals surface area contributed by atoms with Crippen LogP contribution in [0.2, 0.25) is 5.02 Å². The lowest BCUT2D eigenvalue weighted by Gasteiger charge is -2.02. The third kappa shape index (κ3) is 2.68. The van der Waals surface area contributed by atoms with Gasteiger partial charge in [-0.3, -0.25) is 10.1 Å². The third-order valence-electron chi connectivity index (χ3n) is 1.61. The number of nitro benzene ring substituents is 1. The summed E-state index contributed by atoms with van der Waals surface area (Å²) in [5, 5.41) is 11.0. The van der Waals surface area contributed by atoms with E-state index in [-0.39, 0.29) is 12.3 Å². The average molecular weight is 215 g/mol. The van der Waals surface area contributed by atoms with E-state index in [1.807, 2.05) is 6.92 Å². The Kier molecular flexibility index (Phi) is 3.85. The molecule has 1 aromatic carbocycles. The third-order valence-corrected chi connectivity index (χ3v) is 1.83. The number of nitrogens with zero attached hydrogens (tertiary/aromatic N) is 1. The van der Waals surface area contributed by atoms with Gasteiger partial charge in [-0.2, -0.15) is 0 Å². The number of halogens is 1. The summed E-state index contributed by atoms with van der Waals surface area (Å²) < 4.78 is 5.08. The van der Waals surface area contributed by atoms with Gasteiger partial charge in [0.2, 0.25) is 0 Å². The zero-order chi connectivity index (χ0) is 10.6. The lowest BCUT2D eigenvalue weighted by atomic mass is 10.2. The summed E-state index contributed by atoms with van der Waals surface area (Å²) in [5.41, 5.74) is 0.368. The van der Waals surface area contributed by atoms with Gasteiger partial charge in [0, 0.05) is 11.6 Å². The number of ether oxygens (including phenoxy) is 1. The van der Waals surface area contributed by atoms with Crippen LogP contribution in [0.5, 0.6) is 0 Å². The molecule has 0 N–H and O–H groups in total. The predicted molar refractivity (Wildman–Crippen MR) is 52.3 cm³/mol. The molecule has 1 aromatic rings. The van der Waals surface area contributed by atoms with Crippen LogP contribution in [-0.2, 0) is 11.3 Å². The van der Waals surface area contributed by atoms with E-state index in [2.05, 4.69) is 6.07 Å². The van der Waals surface area contributed by atoms with Crippen molar-refractivity contribution in [1.82, 2.24) is 0 Å². The van der Waals surface area contributed by atoms with Gasteiger partial charge in [-0.05, 0) is 19.1 Å². The van der Waals surface area contributed by atoms with Gasteiger partial charge in [-0.15, -0.1) is 0 Å². The van der Waals surface area contributed by atoms with Gasteiger partial charge in [-0.1, -0.05) is 11.6 Å². The fraction of sp³-hybridized carbons (Fsp3) is 0.333. The summed E-state index contributed by atoms with van der Waals surface area (Å²) in [6, 6.07) is 5.39. The van der Waals surface area contributed by atoms with Crippen molar-refractivity contribution in [2.45, 2.75) is 13.5 Å². The Morgan fingerprint density at radius 3 is 3.00 bits per heavy atom. The lowest BCUT2D eigenvalue weighted by molar-refractivity contribution is -0.386. The standard InChI is InChI=1S/C9H9ClNO3/c1-2-14-6-7-5-8(10)3-4-9(7)11(12)13/h3,5H,2,6H2,1H3. The number of benzene rings is 1. The quantitative estimate of drug-likeness (QED) is 0.572. The van der Waals surface area contributed by atoms with Crippen LogP contribution in [0.1, 0.15) is 12.5 Å². The monoisotopic (exact) mass is 214 g/mol. The average Bonchev–Trinajstić information content (AvgIpc) is 2.14. The lowest BCUT2D eigenvalue weighted by Crippen LogP contribution is -1.98. The van der Waals surface area contributed by atoms with Gasteiger partial charge >= 0.3 is 0 Å². The molecule has 0 spiro atoms. The topological polar surface area (TPSA) is 52.4 Å². The molecule has 0 atom stereocenters. The van der Waals surface area contributed by atoms with E-state index in [1.54, 1.807) is 0 Å². The molecule has 4 nitrogen and oxygen atoms in total. The van der Waals surface area contributed by atoms with Crippen molar-refractivity contribution in [3.63, 3.8) is 0 Å². The highest BCUT2D eigenvalue weighted by Gasteiger charge is 2.13. The first-order chi connectivity index (χ1) is 6.65. The van der Waals surface area contributed by atoms with Crippen molar-refractivity contribution >= 4 is 17.3 Å². The van der Waals surface area contributed by atoms with E-state index in [0.717, 1.165) is 0 Å². The maximum absolute atomic E-state index is 10.6. The molecule has 5 heteroatoms. The predicted octanol–water partition coefficient (Wildman–Crippen LogP) is 2.58. The Morgan fingerprint density at radius 1 is 1.71 bits per heavy atom. The first-order valence-corrected chi connectivity index (χ1v) is 4.45. The largest absolute Gasteiger partial charge is 0.377 e. The molecule has 0 heterocycles. The molecule has 0 unspecified atom stereocenters. The summed E-state index contributed by atoms with van der Waals surface area (Å²) in [4.78, 5) is 10.1. The SMILES string of the molecule is CCOCc1cc(Cl)c[c]c1[N+](=O)[O-]. The second-order valence-corrected chi connectivity index (χ2v) is 3.02. The minimum Gasteiger partial charge on any atom is -0.377 e. The maximum atomic E-state index is 10.6. The first-order valence-electron chi connectivity index (χ1n) is 4.07. The van der Waals surface area contributed by atoms with E-state index >= 15 is 0 Å². The second-order valence-electron chi connectivity index (χ2n) is 2.59. The normalized spacial score (nSPS) is 10.1. The summed E-state index contributed by atoms with van der Waals surface area (Å²) in [6.07, 6.45) is 0. The Balaban J connectivity index is 2.97. The van der Waals surface area contributed by atoms with Crippen molar-refractivity contribution < 1.29 is 9.66 Å². The number of hydrogen-bond donors (Lipinski definition) is 0. The summed E-state index contributed by atoms with van der Waals surface area (Å²) >= 11 is 5.69. The highest BCUT2D eigenvalue weighted by molar-refractivity contribution is 6.30. The Morgan fingerprint density at radius 2 is 2.43 bits per heavy atom. The van der Waals surface area contributed by atoms with Crippen LogP contribution in [0.15, 0.2) is 12.1 Å². The zero-order valence-corrected chi connectivity index (χ0v) is 8.37. The molecule has 75 valence electrons. The highest BCUT2D eigenvalue weighted by Crippen LogP contribution is 2.22. The number of nitro groups is 1. The van der Waals surface area contributed by atoms with Gasteiger partial charge < -0.3 is 4.74 Å². The molecular weight excluding hydrogens is 206 g/mol. The molecule has 0 aromatic heterocycles. The molecule has 0 amide bonds. The highest BCUT2D eigenvalue weighted by atomic mass is 35.5. The minimum absolute atomic E-state index is 0.0807. The van der Waals surface area contributed by atoms with Crippen LogP contribution in [0, 0.1) is 16.2 Å². The molecule has 0 saturated carbocycles. The number of hydrogen-bond acceptors (Lipinski definition) is 3. The van der Waals surface area contributed by atoms with E-state index < -0.39 is 4.92 Å². The van der Waals surface area contributed by atoms with Crippen molar-refractivity contribution in [2.24, 2.45) is 0 Å². The van der Waals surface area contributed by atoms with Crippen LogP contribution in [-0.4, -0.2) is 11.5 Å². The van der Waals surface area contributed by atoms with Gasteiger partial charge in [0.1, 0.15) is 0 Å². The van der Waals surface area contributed by atoms with E-state index in [0.29, 0.717) is 17.2 Å². The molecular formula is C9H9ClNO3. The summed E-state index contributed by atoms with van der Waals surface area (Å²) in [5.74, 6) is 0. The van der Waals surface area contributed by atoms with Crippen molar-refractivity contribution in [1.29, 1.82) is 0 Å². The molecule has 14 heavy (non-hydrogen) atoms. The molecule has 0 bridgehead atoms. The van der Waals surface area contributed by atoms with Gasteiger partial charge in [0.05, 0.1) is 23.2 Å². The fourth-order valence-corrected chi connectivity index (χ4v) is 1.18. The minimum atomic E-state index is -0.495. The Hall–Kier alpha value is -1.13. The Bertz CT molecular complexity index is 341. The first kappa shape index (κ1) is 10.9. The van der Waals surface area contributed by atoms with E-state index in [4.69, 9.17) is 16.3 Å². The maximum Gasteiger partial charge on any atom is 0.283 e. The molecule has 0 aliphatic carbocycles. The van der Waals surface area contributed by atoms with Crippen LogP contribution in [0.3, 0.4) is 0 Å². The Labute approximate surface area is 86.6 Å². The van der Waals surface area contributed by atoms with Crippen LogP contribution < -0.4 is 0 Å². The second kappa shape index (κ2) is 4.93. The summed E-state index contributed by atoms with van der Waals surface area (Å²) in [7, 11) is 0. The van der Waals surface area contributed by atoms with Crippen molar-refractivity contribution in [2.75, 3.05) is 6.61 Å². The zero-order valence-electron chi connectivity index (χ0n) is 7.62. The summed E-state index contributed by atoms with van der Waals surface area (Å²) in [6.45, 7) is 2.51. The van der Waals surface area contributed by atoms with Crippen LogP contribution in [0.25, 0.3) is 0 Å². The van der Waals surface area contributed by atoms with Gasteiger partial charge in [-0.25, -0.2) is 0 Å². The molecule has 0 saturated heterocycles. The van der Waals surface area contributed by atoms with Gasteiger partial charge in [0.25, 0.3) is 5.69 Å². The molecule has 1 radical (unpaired) electrons. The van der Waals surface area contributed by atoms with E-state index in [9.17, 15) is 10.1 Å². The van der Waals surface area contributed by atoms with Crippen molar-refractivity contribution in [3.05, 3.63) is 38.9 Å². The number of rotatable bonds is 4. The van der Waals surface area contributed by atoms with Crippen LogP contribution >= 0.6 is 11.6 Å². The van der Waals surface area contributed by atoms with Crippen molar-refractivity contribution in [3.8, 4) is 0 Å².